The van der Waals surface area contributed by atoms with Crippen LogP contribution in [0.2, 0.25) is 0 Å². The fourth-order valence-corrected chi connectivity index (χ4v) is 3.38. The van der Waals surface area contributed by atoms with Gasteiger partial charge in [0.2, 0.25) is 0 Å². The molecule has 1 aliphatic carbocycles. The molecule has 1 saturated carbocycles. The summed E-state index contributed by atoms with van der Waals surface area (Å²) < 4.78 is 0. The Morgan fingerprint density at radius 2 is 1.85 bits per heavy atom. The normalized spacial score (nSPS) is 26.4. The Hall–Kier alpha value is -0.120. The van der Waals surface area contributed by atoms with Crippen LogP contribution >= 0.6 is 0 Å². The van der Waals surface area contributed by atoms with Gasteiger partial charge in [0, 0.05) is 12.1 Å². The number of nitrogens with one attached hydrogen (secondary N) is 1. The highest BCUT2D eigenvalue weighted by molar-refractivity contribution is 4.93. The van der Waals surface area contributed by atoms with E-state index in [0.717, 1.165) is 6.54 Å². The average Bonchev–Trinajstić information content (AvgIpc) is 2.36. The molecule has 3 heteroatoms. The minimum absolute atomic E-state index is 0.505. The molecule has 0 saturated heterocycles. The van der Waals surface area contributed by atoms with E-state index in [1.165, 1.54) is 45.2 Å². The van der Waals surface area contributed by atoms with Crippen molar-refractivity contribution in [3.8, 4) is 0 Å². The first-order valence-corrected chi connectivity index (χ1v) is 8.44. The van der Waals surface area contributed by atoms with Crippen molar-refractivity contribution in [1.82, 2.24) is 15.1 Å². The zero-order valence-corrected chi connectivity index (χ0v) is 14.7. The lowest BCUT2D eigenvalue weighted by atomic mass is 9.72. The van der Waals surface area contributed by atoms with Crippen molar-refractivity contribution in [1.29, 1.82) is 0 Å². The van der Waals surface area contributed by atoms with Crippen LogP contribution in [0.1, 0.15) is 52.9 Å². The second-order valence-corrected chi connectivity index (χ2v) is 7.67. The smallest absolute Gasteiger partial charge is 0.0251 e. The zero-order chi connectivity index (χ0) is 15.2. The van der Waals surface area contributed by atoms with Crippen LogP contribution in [0.4, 0.5) is 0 Å². The van der Waals surface area contributed by atoms with Crippen LogP contribution in [0.15, 0.2) is 0 Å². The largest absolute Gasteiger partial charge is 0.312 e. The van der Waals surface area contributed by atoms with Gasteiger partial charge in [-0.25, -0.2) is 0 Å². The van der Waals surface area contributed by atoms with Crippen molar-refractivity contribution >= 4 is 0 Å². The lowest BCUT2D eigenvalue weighted by Crippen LogP contribution is -2.54. The minimum Gasteiger partial charge on any atom is -0.312 e. The van der Waals surface area contributed by atoms with Crippen LogP contribution in [0.25, 0.3) is 0 Å². The molecule has 1 aliphatic rings. The van der Waals surface area contributed by atoms with Gasteiger partial charge in [0.05, 0.1) is 0 Å². The van der Waals surface area contributed by atoms with Gasteiger partial charge in [-0.3, -0.25) is 0 Å². The molecule has 2 atom stereocenters. The summed E-state index contributed by atoms with van der Waals surface area (Å²) in [5.74, 6) is 0. The van der Waals surface area contributed by atoms with E-state index in [0.29, 0.717) is 17.5 Å². The second kappa shape index (κ2) is 8.35. The second-order valence-electron chi connectivity index (χ2n) is 7.67. The molecule has 0 radical (unpaired) electrons. The first kappa shape index (κ1) is 17.9. The van der Waals surface area contributed by atoms with Crippen molar-refractivity contribution in [2.75, 3.05) is 40.8 Å². The molecular weight excluding hydrogens is 246 g/mol. The maximum Gasteiger partial charge on any atom is 0.0251 e. The Balaban J connectivity index is 2.53. The van der Waals surface area contributed by atoms with Gasteiger partial charge in [-0.15, -0.1) is 0 Å². The lowest BCUT2D eigenvalue weighted by Gasteiger charge is -2.45. The molecule has 20 heavy (non-hydrogen) atoms. The predicted octanol–water partition coefficient (Wildman–Crippen LogP) is 2.82. The van der Waals surface area contributed by atoms with E-state index in [4.69, 9.17) is 0 Å². The molecule has 3 nitrogen and oxygen atoms in total. The van der Waals surface area contributed by atoms with Crippen LogP contribution in [0.5, 0.6) is 0 Å². The molecule has 0 aromatic carbocycles. The zero-order valence-electron chi connectivity index (χ0n) is 14.7. The standard InChI is InChI=1S/C17H37N3/c1-7-11-18-15-9-10-17(2,3)14-16(15)20(6)13-8-12-19(4)5/h15-16,18H,7-14H2,1-6H3. The van der Waals surface area contributed by atoms with Crippen molar-refractivity contribution < 1.29 is 0 Å². The molecule has 0 heterocycles. The van der Waals surface area contributed by atoms with Gasteiger partial charge >= 0.3 is 0 Å². The summed E-state index contributed by atoms with van der Waals surface area (Å²) in [6.07, 6.45) is 6.51. The Kier molecular flexibility index (Phi) is 7.49. The van der Waals surface area contributed by atoms with Gasteiger partial charge in [-0.1, -0.05) is 20.8 Å². The molecule has 0 bridgehead atoms. The molecule has 0 aliphatic heterocycles. The average molecular weight is 284 g/mol. The van der Waals surface area contributed by atoms with Crippen LogP contribution in [-0.2, 0) is 0 Å². The Bertz CT molecular complexity index is 263. The van der Waals surface area contributed by atoms with E-state index in [1.807, 2.05) is 0 Å². The number of likely N-dealkylation sites (N-methyl/N-ethyl adjacent to an activating group) is 1. The van der Waals surface area contributed by atoms with Crippen LogP contribution < -0.4 is 5.32 Å². The van der Waals surface area contributed by atoms with Crippen LogP contribution in [0.3, 0.4) is 0 Å². The first-order chi connectivity index (χ1) is 9.35. The highest BCUT2D eigenvalue weighted by Crippen LogP contribution is 2.37. The van der Waals surface area contributed by atoms with E-state index in [-0.39, 0.29) is 0 Å². The minimum atomic E-state index is 0.505. The molecule has 1 rings (SSSR count). The fraction of sp³-hybridized carbons (Fsp3) is 1.00. The topological polar surface area (TPSA) is 18.5 Å². The monoisotopic (exact) mass is 283 g/mol. The third kappa shape index (κ3) is 6.11. The van der Waals surface area contributed by atoms with Crippen molar-refractivity contribution in [3.05, 3.63) is 0 Å². The predicted molar refractivity (Wildman–Crippen MR) is 89.3 cm³/mol. The summed E-state index contributed by atoms with van der Waals surface area (Å²) in [5.41, 5.74) is 0.505. The quantitative estimate of drug-likeness (QED) is 0.739. The van der Waals surface area contributed by atoms with E-state index in [9.17, 15) is 0 Å². The molecule has 0 aromatic rings. The third-order valence-corrected chi connectivity index (χ3v) is 4.70. The van der Waals surface area contributed by atoms with Gasteiger partial charge in [-0.05, 0) is 78.3 Å². The van der Waals surface area contributed by atoms with E-state index in [1.54, 1.807) is 0 Å². The number of nitrogens with zero attached hydrogens (tertiary/aromatic N) is 2. The summed E-state index contributed by atoms with van der Waals surface area (Å²) in [5, 5.41) is 3.79. The molecule has 1 fully saturated rings. The van der Waals surface area contributed by atoms with E-state index < -0.39 is 0 Å². The Labute approximate surface area is 127 Å². The number of hydrogen-bond acceptors (Lipinski definition) is 3. The number of rotatable bonds is 8. The van der Waals surface area contributed by atoms with Crippen LogP contribution in [0, 0.1) is 5.41 Å². The molecule has 0 aromatic heterocycles. The molecule has 2 unspecified atom stereocenters. The maximum absolute atomic E-state index is 3.79. The van der Waals surface area contributed by atoms with Gasteiger partial charge in [0.1, 0.15) is 0 Å². The highest BCUT2D eigenvalue weighted by Gasteiger charge is 2.36. The molecular formula is C17H37N3. The SMILES string of the molecule is CCCNC1CCC(C)(C)CC1N(C)CCCN(C)C. The van der Waals surface area contributed by atoms with E-state index in [2.05, 4.69) is 57.0 Å². The van der Waals surface area contributed by atoms with Gasteiger partial charge < -0.3 is 15.1 Å². The molecule has 0 amide bonds. The number of hydrogen-bond donors (Lipinski definition) is 1. The Morgan fingerprint density at radius 1 is 1.15 bits per heavy atom. The van der Waals surface area contributed by atoms with Crippen LogP contribution in [-0.4, -0.2) is 62.7 Å². The molecule has 0 spiro atoms. The van der Waals surface area contributed by atoms with Gasteiger partial charge in [0.25, 0.3) is 0 Å². The van der Waals surface area contributed by atoms with Crippen molar-refractivity contribution in [2.24, 2.45) is 5.41 Å². The summed E-state index contributed by atoms with van der Waals surface area (Å²) in [7, 11) is 6.65. The molecule has 1 N–H and O–H groups in total. The lowest BCUT2D eigenvalue weighted by molar-refractivity contribution is 0.0799. The van der Waals surface area contributed by atoms with Crippen molar-refractivity contribution in [3.63, 3.8) is 0 Å². The maximum atomic E-state index is 3.79. The van der Waals surface area contributed by atoms with Gasteiger partial charge in [-0.2, -0.15) is 0 Å². The summed E-state index contributed by atoms with van der Waals surface area (Å²) in [4.78, 5) is 4.89. The summed E-state index contributed by atoms with van der Waals surface area (Å²) in [6.45, 7) is 10.7. The van der Waals surface area contributed by atoms with Gasteiger partial charge in [0.15, 0.2) is 0 Å². The summed E-state index contributed by atoms with van der Waals surface area (Å²) in [6, 6.07) is 1.39. The summed E-state index contributed by atoms with van der Waals surface area (Å²) >= 11 is 0. The third-order valence-electron chi connectivity index (χ3n) is 4.70. The Morgan fingerprint density at radius 3 is 2.45 bits per heavy atom. The molecule has 120 valence electrons. The van der Waals surface area contributed by atoms with E-state index >= 15 is 0 Å². The highest BCUT2D eigenvalue weighted by atomic mass is 15.2. The van der Waals surface area contributed by atoms with Crippen molar-refractivity contribution in [2.45, 2.75) is 65.0 Å². The fourth-order valence-electron chi connectivity index (χ4n) is 3.38. The first-order valence-electron chi connectivity index (χ1n) is 8.44.